The minimum absolute atomic E-state index is 0.843. The van der Waals surface area contributed by atoms with Crippen LogP contribution in [0.5, 0.6) is 0 Å². The molecule has 3 heteroatoms. The van der Waals surface area contributed by atoms with E-state index >= 15 is 0 Å². The van der Waals surface area contributed by atoms with Gasteiger partial charge in [0.2, 0.25) is 0 Å². The Morgan fingerprint density at radius 3 is 1.95 bits per heavy atom. The van der Waals surface area contributed by atoms with Gasteiger partial charge < -0.3 is 0 Å². The number of rotatable bonds is 3. The summed E-state index contributed by atoms with van der Waals surface area (Å²) in [7, 11) is -1.04. The third-order valence-corrected chi connectivity index (χ3v) is 5.50. The van der Waals surface area contributed by atoms with Crippen LogP contribution in [0.4, 0.5) is 0 Å². The van der Waals surface area contributed by atoms with Gasteiger partial charge in [-0.25, -0.2) is 0 Å². The molecule has 0 spiro atoms. The smallest absolute Gasteiger partial charge is 0.0605 e. The van der Waals surface area contributed by atoms with Crippen molar-refractivity contribution in [1.82, 2.24) is 0 Å². The summed E-state index contributed by atoms with van der Waals surface area (Å²) in [6, 6.07) is 24.6. The van der Waals surface area contributed by atoms with Crippen LogP contribution in [0.15, 0.2) is 82.2 Å². The first kappa shape index (κ1) is 15.2. The SMILES string of the molecule is CS(=O)c1c(Br)cccc1-c1ccc(-c2ccccc2)cc1. The van der Waals surface area contributed by atoms with Crippen LogP contribution in [-0.4, -0.2) is 10.5 Å². The highest BCUT2D eigenvalue weighted by Crippen LogP contribution is 2.32. The van der Waals surface area contributed by atoms with E-state index in [1.54, 1.807) is 6.26 Å². The molecule has 0 aliphatic rings. The van der Waals surface area contributed by atoms with Crippen LogP contribution >= 0.6 is 15.9 Å². The minimum Gasteiger partial charge on any atom is -0.255 e. The summed E-state index contributed by atoms with van der Waals surface area (Å²) in [6.45, 7) is 0. The average molecular weight is 371 g/mol. The quantitative estimate of drug-likeness (QED) is 0.592. The average Bonchev–Trinajstić information content (AvgIpc) is 2.55. The van der Waals surface area contributed by atoms with E-state index in [4.69, 9.17) is 0 Å². The molecule has 0 bridgehead atoms. The standard InChI is InChI=1S/C19H15BrOS/c1-22(21)19-17(8-5-9-18(19)20)16-12-10-15(11-13-16)14-6-3-2-4-7-14/h2-13H,1H3. The Balaban J connectivity index is 2.04. The summed E-state index contributed by atoms with van der Waals surface area (Å²) in [5.41, 5.74) is 4.46. The van der Waals surface area contributed by atoms with Gasteiger partial charge in [-0.05, 0) is 44.3 Å². The number of halogens is 1. The molecule has 3 aromatic carbocycles. The highest BCUT2D eigenvalue weighted by Gasteiger charge is 2.12. The monoisotopic (exact) mass is 370 g/mol. The fraction of sp³-hybridized carbons (Fsp3) is 0.0526. The molecule has 3 rings (SSSR count). The summed E-state index contributed by atoms with van der Waals surface area (Å²) < 4.78 is 12.9. The van der Waals surface area contributed by atoms with E-state index in [0.29, 0.717) is 0 Å². The lowest BCUT2D eigenvalue weighted by Gasteiger charge is -2.10. The van der Waals surface area contributed by atoms with E-state index in [2.05, 4.69) is 52.3 Å². The number of hydrogen-bond acceptors (Lipinski definition) is 1. The second-order valence-corrected chi connectivity index (χ2v) is 7.18. The minimum atomic E-state index is -1.04. The third kappa shape index (κ3) is 3.06. The lowest BCUT2D eigenvalue weighted by atomic mass is 10.0. The van der Waals surface area contributed by atoms with Crippen LogP contribution in [0.25, 0.3) is 22.3 Å². The van der Waals surface area contributed by atoms with Gasteiger partial charge in [-0.1, -0.05) is 66.7 Å². The molecular weight excluding hydrogens is 356 g/mol. The van der Waals surface area contributed by atoms with Gasteiger partial charge in [0.05, 0.1) is 15.7 Å². The van der Waals surface area contributed by atoms with E-state index in [1.165, 1.54) is 11.1 Å². The largest absolute Gasteiger partial charge is 0.255 e. The second kappa shape index (κ2) is 6.59. The van der Waals surface area contributed by atoms with E-state index in [-0.39, 0.29) is 0 Å². The van der Waals surface area contributed by atoms with Crippen molar-refractivity contribution in [3.8, 4) is 22.3 Å². The van der Waals surface area contributed by atoms with Crippen molar-refractivity contribution < 1.29 is 4.21 Å². The molecule has 0 aliphatic carbocycles. The van der Waals surface area contributed by atoms with Gasteiger partial charge in [-0.15, -0.1) is 0 Å². The molecule has 0 fully saturated rings. The van der Waals surface area contributed by atoms with E-state index < -0.39 is 10.8 Å². The summed E-state index contributed by atoms with van der Waals surface area (Å²) >= 11 is 3.50. The van der Waals surface area contributed by atoms with Crippen LogP contribution in [0, 0.1) is 0 Å². The Morgan fingerprint density at radius 2 is 1.32 bits per heavy atom. The normalized spacial score (nSPS) is 12.1. The Labute approximate surface area is 141 Å². The number of hydrogen-bond donors (Lipinski definition) is 0. The molecule has 0 radical (unpaired) electrons. The Hall–Kier alpha value is -1.71. The molecule has 1 atom stereocenters. The van der Waals surface area contributed by atoms with Crippen molar-refractivity contribution in [3.05, 3.63) is 77.3 Å². The number of benzene rings is 3. The van der Waals surface area contributed by atoms with Crippen LogP contribution in [-0.2, 0) is 10.8 Å². The van der Waals surface area contributed by atoms with E-state index in [0.717, 1.165) is 20.5 Å². The maximum Gasteiger partial charge on any atom is 0.0605 e. The van der Waals surface area contributed by atoms with Crippen LogP contribution in [0.2, 0.25) is 0 Å². The zero-order chi connectivity index (χ0) is 15.5. The van der Waals surface area contributed by atoms with Crippen molar-refractivity contribution >= 4 is 26.7 Å². The molecular formula is C19H15BrOS. The van der Waals surface area contributed by atoms with Crippen LogP contribution in [0.3, 0.4) is 0 Å². The Morgan fingerprint density at radius 1 is 0.727 bits per heavy atom. The molecule has 0 N–H and O–H groups in total. The highest BCUT2D eigenvalue weighted by atomic mass is 79.9. The molecule has 0 aromatic heterocycles. The van der Waals surface area contributed by atoms with Gasteiger partial charge in [-0.3, -0.25) is 4.21 Å². The molecule has 1 nitrogen and oxygen atoms in total. The predicted molar refractivity (Wildman–Crippen MR) is 97.3 cm³/mol. The molecule has 0 saturated carbocycles. The van der Waals surface area contributed by atoms with Gasteiger partial charge in [-0.2, -0.15) is 0 Å². The van der Waals surface area contributed by atoms with Gasteiger partial charge in [0.25, 0.3) is 0 Å². The fourth-order valence-electron chi connectivity index (χ4n) is 2.50. The lowest BCUT2D eigenvalue weighted by Crippen LogP contribution is -1.93. The highest BCUT2D eigenvalue weighted by molar-refractivity contribution is 9.10. The van der Waals surface area contributed by atoms with Crippen molar-refractivity contribution in [2.75, 3.05) is 6.26 Å². The summed E-state index contributed by atoms with van der Waals surface area (Å²) in [5, 5.41) is 0. The zero-order valence-corrected chi connectivity index (χ0v) is 14.5. The van der Waals surface area contributed by atoms with Crippen molar-refractivity contribution in [1.29, 1.82) is 0 Å². The maximum absolute atomic E-state index is 12.0. The first-order valence-corrected chi connectivity index (χ1v) is 9.30. The summed E-state index contributed by atoms with van der Waals surface area (Å²) in [4.78, 5) is 0.843. The van der Waals surface area contributed by atoms with Gasteiger partial charge in [0.1, 0.15) is 0 Å². The molecule has 0 saturated heterocycles. The first-order chi connectivity index (χ1) is 10.7. The van der Waals surface area contributed by atoms with E-state index in [9.17, 15) is 4.21 Å². The molecule has 110 valence electrons. The van der Waals surface area contributed by atoms with Crippen molar-refractivity contribution in [3.63, 3.8) is 0 Å². The molecule has 3 aromatic rings. The summed E-state index contributed by atoms with van der Waals surface area (Å²) in [6.07, 6.45) is 1.71. The Bertz CT molecular complexity index is 811. The van der Waals surface area contributed by atoms with Gasteiger partial charge >= 0.3 is 0 Å². The van der Waals surface area contributed by atoms with Crippen molar-refractivity contribution in [2.45, 2.75) is 4.90 Å². The predicted octanol–water partition coefficient (Wildman–Crippen LogP) is 5.52. The van der Waals surface area contributed by atoms with Crippen molar-refractivity contribution in [2.24, 2.45) is 0 Å². The third-order valence-electron chi connectivity index (χ3n) is 3.56. The van der Waals surface area contributed by atoms with Crippen LogP contribution < -0.4 is 0 Å². The first-order valence-electron chi connectivity index (χ1n) is 6.94. The molecule has 0 heterocycles. The maximum atomic E-state index is 12.0. The lowest BCUT2D eigenvalue weighted by molar-refractivity contribution is 0.686. The Kier molecular flexibility index (Phi) is 4.55. The van der Waals surface area contributed by atoms with Gasteiger partial charge in [0, 0.05) is 10.7 Å². The topological polar surface area (TPSA) is 17.1 Å². The van der Waals surface area contributed by atoms with Gasteiger partial charge in [0.15, 0.2) is 0 Å². The molecule has 0 aliphatic heterocycles. The van der Waals surface area contributed by atoms with Crippen LogP contribution in [0.1, 0.15) is 0 Å². The second-order valence-electron chi connectivity index (χ2n) is 5.01. The fourth-order valence-corrected chi connectivity index (χ4v) is 4.39. The summed E-state index contributed by atoms with van der Waals surface area (Å²) in [5.74, 6) is 0. The zero-order valence-electron chi connectivity index (χ0n) is 12.1. The molecule has 1 unspecified atom stereocenters. The molecule has 0 amide bonds. The molecule has 22 heavy (non-hydrogen) atoms. The van der Waals surface area contributed by atoms with E-state index in [1.807, 2.05) is 36.4 Å².